The van der Waals surface area contributed by atoms with Crippen LogP contribution in [0.3, 0.4) is 0 Å². The summed E-state index contributed by atoms with van der Waals surface area (Å²) in [5.74, 6) is 0. The summed E-state index contributed by atoms with van der Waals surface area (Å²) in [5.41, 5.74) is 0.0257. The summed E-state index contributed by atoms with van der Waals surface area (Å²) in [4.78, 5) is 1.01. The van der Waals surface area contributed by atoms with Gasteiger partial charge in [-0.2, -0.15) is 13.2 Å². The van der Waals surface area contributed by atoms with E-state index >= 15 is 0 Å². The largest absolute Gasteiger partial charge is 0.416 e. The van der Waals surface area contributed by atoms with E-state index in [2.05, 4.69) is 5.32 Å². The second kappa shape index (κ2) is 6.16. The van der Waals surface area contributed by atoms with Crippen LogP contribution in [0.4, 0.5) is 13.2 Å². The van der Waals surface area contributed by atoms with Gasteiger partial charge in [0.15, 0.2) is 0 Å². The SMILES string of the molecule is CNC(Cc1cccc(C(F)(F)F)c1)c1ccc(Cl)s1. The zero-order valence-electron chi connectivity index (χ0n) is 10.7. The van der Waals surface area contributed by atoms with Crippen LogP contribution in [0.1, 0.15) is 22.0 Å². The zero-order valence-corrected chi connectivity index (χ0v) is 12.2. The summed E-state index contributed by atoms with van der Waals surface area (Å²) in [6.45, 7) is 0. The summed E-state index contributed by atoms with van der Waals surface area (Å²) in [5, 5.41) is 3.11. The lowest BCUT2D eigenvalue weighted by atomic mass is 10.0. The van der Waals surface area contributed by atoms with Crippen molar-refractivity contribution in [2.45, 2.75) is 18.6 Å². The first kappa shape index (κ1) is 15.4. The van der Waals surface area contributed by atoms with Crippen LogP contribution in [0, 0.1) is 0 Å². The number of likely N-dealkylation sites (N-methyl/N-ethyl adjacent to an activating group) is 1. The highest BCUT2D eigenvalue weighted by Gasteiger charge is 2.30. The molecule has 0 saturated carbocycles. The molecule has 6 heteroatoms. The summed E-state index contributed by atoms with van der Waals surface area (Å²) < 4.78 is 38.7. The molecule has 2 aromatic rings. The molecule has 0 aliphatic carbocycles. The third-order valence-corrected chi connectivity index (χ3v) is 4.32. The molecule has 1 nitrogen and oxygen atoms in total. The number of alkyl halides is 3. The van der Waals surface area contributed by atoms with Crippen molar-refractivity contribution in [1.82, 2.24) is 5.32 Å². The van der Waals surface area contributed by atoms with Crippen molar-refractivity contribution in [2.24, 2.45) is 0 Å². The summed E-state index contributed by atoms with van der Waals surface area (Å²) in [6, 6.07) is 9.05. The Kier molecular flexibility index (Phi) is 4.73. The second-order valence-electron chi connectivity index (χ2n) is 4.39. The van der Waals surface area contributed by atoms with Gasteiger partial charge in [-0.25, -0.2) is 0 Å². The van der Waals surface area contributed by atoms with E-state index in [-0.39, 0.29) is 6.04 Å². The van der Waals surface area contributed by atoms with E-state index in [1.54, 1.807) is 19.2 Å². The molecule has 1 aromatic heterocycles. The Bertz CT molecular complexity index is 580. The van der Waals surface area contributed by atoms with E-state index in [9.17, 15) is 13.2 Å². The lowest BCUT2D eigenvalue weighted by Crippen LogP contribution is -2.18. The Morgan fingerprint density at radius 3 is 2.55 bits per heavy atom. The van der Waals surface area contributed by atoms with Gasteiger partial charge in [0, 0.05) is 10.9 Å². The molecule has 0 bridgehead atoms. The van der Waals surface area contributed by atoms with Gasteiger partial charge >= 0.3 is 6.18 Å². The molecule has 0 fully saturated rings. The van der Waals surface area contributed by atoms with E-state index in [4.69, 9.17) is 11.6 Å². The minimum Gasteiger partial charge on any atom is -0.312 e. The number of benzene rings is 1. The van der Waals surface area contributed by atoms with Gasteiger partial charge in [0.2, 0.25) is 0 Å². The van der Waals surface area contributed by atoms with Crippen molar-refractivity contribution in [1.29, 1.82) is 0 Å². The van der Waals surface area contributed by atoms with Crippen LogP contribution < -0.4 is 5.32 Å². The van der Waals surface area contributed by atoms with Gasteiger partial charge in [-0.15, -0.1) is 11.3 Å². The van der Waals surface area contributed by atoms with Crippen LogP contribution >= 0.6 is 22.9 Å². The minimum atomic E-state index is -4.31. The molecule has 1 atom stereocenters. The molecule has 1 aromatic carbocycles. The number of rotatable bonds is 4. The fourth-order valence-electron chi connectivity index (χ4n) is 1.97. The highest BCUT2D eigenvalue weighted by atomic mass is 35.5. The highest BCUT2D eigenvalue weighted by Crippen LogP contribution is 2.32. The maximum atomic E-state index is 12.7. The van der Waals surface area contributed by atoms with Crippen LogP contribution in [0.2, 0.25) is 4.34 Å². The molecule has 0 amide bonds. The summed E-state index contributed by atoms with van der Waals surface area (Å²) in [7, 11) is 1.78. The molecular weight excluding hydrogens is 307 g/mol. The molecule has 20 heavy (non-hydrogen) atoms. The zero-order chi connectivity index (χ0) is 14.8. The fourth-order valence-corrected chi connectivity index (χ4v) is 3.14. The van der Waals surface area contributed by atoms with Crippen molar-refractivity contribution in [3.8, 4) is 0 Å². The normalized spacial score (nSPS) is 13.4. The van der Waals surface area contributed by atoms with Crippen molar-refractivity contribution < 1.29 is 13.2 Å². The van der Waals surface area contributed by atoms with Gasteiger partial charge in [0.25, 0.3) is 0 Å². The maximum Gasteiger partial charge on any atom is 0.416 e. The van der Waals surface area contributed by atoms with Crippen molar-refractivity contribution in [3.05, 3.63) is 56.7 Å². The van der Waals surface area contributed by atoms with Crippen LogP contribution in [-0.4, -0.2) is 7.05 Å². The smallest absolute Gasteiger partial charge is 0.312 e. The van der Waals surface area contributed by atoms with Crippen LogP contribution in [-0.2, 0) is 12.6 Å². The summed E-state index contributed by atoms with van der Waals surface area (Å²) >= 11 is 7.32. The van der Waals surface area contributed by atoms with Gasteiger partial charge in [-0.3, -0.25) is 0 Å². The molecule has 1 N–H and O–H groups in total. The Balaban J connectivity index is 2.20. The van der Waals surface area contributed by atoms with Crippen molar-refractivity contribution in [3.63, 3.8) is 0 Å². The van der Waals surface area contributed by atoms with E-state index in [0.717, 1.165) is 10.9 Å². The molecule has 0 spiro atoms. The number of thiophene rings is 1. The number of nitrogens with one attached hydrogen (secondary N) is 1. The van der Waals surface area contributed by atoms with Crippen molar-refractivity contribution >= 4 is 22.9 Å². The molecular formula is C14H13ClF3NS. The van der Waals surface area contributed by atoms with E-state index in [1.807, 2.05) is 6.07 Å². The van der Waals surface area contributed by atoms with Crippen LogP contribution in [0.5, 0.6) is 0 Å². The lowest BCUT2D eigenvalue weighted by molar-refractivity contribution is -0.137. The molecule has 108 valence electrons. The molecule has 0 aliphatic heterocycles. The van der Waals surface area contributed by atoms with E-state index in [1.165, 1.54) is 23.5 Å². The Hall–Kier alpha value is -1.04. The second-order valence-corrected chi connectivity index (χ2v) is 6.13. The first-order chi connectivity index (χ1) is 9.40. The first-order valence-corrected chi connectivity index (χ1v) is 7.18. The van der Waals surface area contributed by atoms with Gasteiger partial charge < -0.3 is 5.32 Å². The molecule has 1 unspecified atom stereocenters. The third-order valence-electron chi connectivity index (χ3n) is 2.98. The monoisotopic (exact) mass is 319 g/mol. The maximum absolute atomic E-state index is 12.7. The molecule has 0 saturated heterocycles. The molecule has 1 heterocycles. The first-order valence-electron chi connectivity index (χ1n) is 5.99. The van der Waals surface area contributed by atoms with Gasteiger partial charge in [0.05, 0.1) is 9.90 Å². The van der Waals surface area contributed by atoms with E-state index < -0.39 is 11.7 Å². The Morgan fingerprint density at radius 1 is 1.25 bits per heavy atom. The van der Waals surface area contributed by atoms with E-state index in [0.29, 0.717) is 16.3 Å². The standard InChI is InChI=1S/C14H13ClF3NS/c1-19-11(12-5-6-13(15)20-12)8-9-3-2-4-10(7-9)14(16,17)18/h2-7,11,19H,8H2,1H3. The Labute approximate surface area is 124 Å². The highest BCUT2D eigenvalue weighted by molar-refractivity contribution is 7.16. The molecule has 0 aliphatic rings. The number of hydrogen-bond donors (Lipinski definition) is 1. The molecule has 0 radical (unpaired) electrons. The van der Waals surface area contributed by atoms with Gasteiger partial charge in [-0.05, 0) is 37.2 Å². The fraction of sp³-hybridized carbons (Fsp3) is 0.286. The van der Waals surface area contributed by atoms with Gasteiger partial charge in [0.1, 0.15) is 0 Å². The minimum absolute atomic E-state index is 0.0454. The average molecular weight is 320 g/mol. The van der Waals surface area contributed by atoms with Gasteiger partial charge in [-0.1, -0.05) is 29.8 Å². The predicted octanol–water partition coefficient (Wildman–Crippen LogP) is 4.92. The topological polar surface area (TPSA) is 12.0 Å². The number of halogens is 4. The third kappa shape index (κ3) is 3.75. The van der Waals surface area contributed by atoms with Crippen molar-refractivity contribution in [2.75, 3.05) is 7.05 Å². The molecule has 2 rings (SSSR count). The summed E-state index contributed by atoms with van der Waals surface area (Å²) in [6.07, 6.45) is -3.82. The quantitative estimate of drug-likeness (QED) is 0.843. The predicted molar refractivity (Wildman–Crippen MR) is 76.3 cm³/mol. The van der Waals surface area contributed by atoms with Crippen LogP contribution in [0.25, 0.3) is 0 Å². The lowest BCUT2D eigenvalue weighted by Gasteiger charge is -2.15. The van der Waals surface area contributed by atoms with Crippen LogP contribution in [0.15, 0.2) is 36.4 Å². The number of hydrogen-bond acceptors (Lipinski definition) is 2. The average Bonchev–Trinajstić information content (AvgIpc) is 2.82. The Morgan fingerprint density at radius 2 is 2.00 bits per heavy atom.